The van der Waals surface area contributed by atoms with Gasteiger partial charge in [0.15, 0.2) is 4.90 Å². The molecule has 7 nitrogen and oxygen atoms in total. The summed E-state index contributed by atoms with van der Waals surface area (Å²) in [6.45, 7) is 5.13. The number of hydrogen-bond acceptors (Lipinski definition) is 5. The van der Waals surface area contributed by atoms with Gasteiger partial charge in [-0.2, -0.15) is 0 Å². The van der Waals surface area contributed by atoms with Crippen molar-refractivity contribution < 1.29 is 13.3 Å². The fourth-order valence-electron chi connectivity index (χ4n) is 2.36. The highest BCUT2D eigenvalue weighted by atomic mass is 32.2. The second-order valence-electron chi connectivity index (χ2n) is 4.99. The number of rotatable bonds is 5. The molecule has 1 aromatic carbocycles. The van der Waals surface area contributed by atoms with Crippen LogP contribution in [-0.4, -0.2) is 24.9 Å². The molecular formula is C15H17N3O4S. The third kappa shape index (κ3) is 3.02. The summed E-state index contributed by atoms with van der Waals surface area (Å²) in [5.41, 5.74) is 1.06. The summed E-state index contributed by atoms with van der Waals surface area (Å²) < 4.78 is 27.3. The summed E-state index contributed by atoms with van der Waals surface area (Å²) >= 11 is 0. The molecule has 2 aromatic rings. The van der Waals surface area contributed by atoms with Crippen molar-refractivity contribution in [3.63, 3.8) is 0 Å². The average Bonchev–Trinajstić information content (AvgIpc) is 2.50. The van der Waals surface area contributed by atoms with Crippen LogP contribution in [0.15, 0.2) is 41.6 Å². The van der Waals surface area contributed by atoms with Crippen LogP contribution in [-0.2, 0) is 10.0 Å². The average molecular weight is 335 g/mol. The lowest BCUT2D eigenvalue weighted by molar-refractivity contribution is -0.387. The first-order chi connectivity index (χ1) is 10.8. The highest BCUT2D eigenvalue weighted by Gasteiger charge is 2.33. The number of aryl methyl sites for hydroxylation is 1. The van der Waals surface area contributed by atoms with E-state index < -0.39 is 20.6 Å². The number of pyridine rings is 1. The molecule has 8 heteroatoms. The summed E-state index contributed by atoms with van der Waals surface area (Å²) in [5.74, 6) is 0. The second-order valence-corrected chi connectivity index (χ2v) is 6.79. The summed E-state index contributed by atoms with van der Waals surface area (Å²) in [6, 6.07) is 5.89. The Balaban J connectivity index is 2.73. The van der Waals surface area contributed by atoms with Crippen molar-refractivity contribution in [3.8, 4) is 0 Å². The Kier molecular flexibility index (Phi) is 4.65. The molecule has 2 rings (SSSR count). The van der Waals surface area contributed by atoms with Gasteiger partial charge in [0.1, 0.15) is 0 Å². The highest BCUT2D eigenvalue weighted by Crippen LogP contribution is 2.33. The van der Waals surface area contributed by atoms with Gasteiger partial charge in [0.2, 0.25) is 0 Å². The normalized spacial score (nSPS) is 11.3. The summed E-state index contributed by atoms with van der Waals surface area (Å²) in [5, 5.41) is 11.3. The van der Waals surface area contributed by atoms with E-state index in [1.165, 1.54) is 18.5 Å². The van der Waals surface area contributed by atoms with Crippen molar-refractivity contribution >= 4 is 21.4 Å². The predicted molar refractivity (Wildman–Crippen MR) is 87.0 cm³/mol. The first-order valence-electron chi connectivity index (χ1n) is 6.98. The zero-order chi connectivity index (χ0) is 17.2. The van der Waals surface area contributed by atoms with E-state index in [9.17, 15) is 18.5 Å². The van der Waals surface area contributed by atoms with Crippen LogP contribution in [0.3, 0.4) is 0 Å². The fourth-order valence-corrected chi connectivity index (χ4v) is 4.27. The van der Waals surface area contributed by atoms with E-state index in [4.69, 9.17) is 0 Å². The SMILES string of the molecule is CCN(c1ccncc1)S(=O)(=O)c1c([N+](=O)[O-])ccc(C)c1C. The van der Waals surface area contributed by atoms with Gasteiger partial charge in [-0.05, 0) is 44.0 Å². The standard InChI is InChI=1S/C15H17N3O4S/c1-4-17(13-7-9-16-10-8-13)23(21,22)15-12(3)11(2)5-6-14(15)18(19)20/h5-10H,4H2,1-3H3. The molecule has 0 aliphatic carbocycles. The van der Waals surface area contributed by atoms with Crippen molar-refractivity contribution in [1.29, 1.82) is 0 Å². The summed E-state index contributed by atoms with van der Waals surface area (Å²) in [7, 11) is -4.07. The molecule has 0 bridgehead atoms. The minimum Gasteiger partial charge on any atom is -0.266 e. The van der Waals surface area contributed by atoms with Crippen LogP contribution in [0, 0.1) is 24.0 Å². The zero-order valence-corrected chi connectivity index (χ0v) is 13.9. The molecule has 0 unspecified atom stereocenters. The lowest BCUT2D eigenvalue weighted by Crippen LogP contribution is -2.32. The molecule has 0 spiro atoms. The van der Waals surface area contributed by atoms with Gasteiger partial charge in [0.25, 0.3) is 15.7 Å². The van der Waals surface area contributed by atoms with Crippen molar-refractivity contribution in [2.45, 2.75) is 25.7 Å². The van der Waals surface area contributed by atoms with E-state index >= 15 is 0 Å². The maximum absolute atomic E-state index is 13.1. The summed E-state index contributed by atoms with van der Waals surface area (Å²) in [4.78, 5) is 14.2. The van der Waals surface area contributed by atoms with E-state index in [0.717, 1.165) is 4.31 Å². The van der Waals surface area contributed by atoms with Crippen molar-refractivity contribution in [3.05, 3.63) is 57.9 Å². The van der Waals surface area contributed by atoms with Gasteiger partial charge in [-0.15, -0.1) is 0 Å². The van der Waals surface area contributed by atoms with E-state index in [1.807, 2.05) is 0 Å². The van der Waals surface area contributed by atoms with E-state index in [1.54, 1.807) is 39.0 Å². The maximum atomic E-state index is 13.1. The number of aromatic nitrogens is 1. The molecule has 122 valence electrons. The number of benzene rings is 1. The van der Waals surface area contributed by atoms with Crippen LogP contribution in [0.4, 0.5) is 11.4 Å². The van der Waals surface area contributed by atoms with Crippen LogP contribution in [0.1, 0.15) is 18.1 Å². The minimum absolute atomic E-state index is 0.150. The lowest BCUT2D eigenvalue weighted by Gasteiger charge is -2.23. The van der Waals surface area contributed by atoms with Gasteiger partial charge < -0.3 is 0 Å². The van der Waals surface area contributed by atoms with E-state index in [-0.39, 0.29) is 11.4 Å². The molecule has 0 amide bonds. The monoisotopic (exact) mass is 335 g/mol. The quantitative estimate of drug-likeness (QED) is 0.618. The Bertz CT molecular complexity index is 835. The Hall–Kier alpha value is -2.48. The minimum atomic E-state index is -4.07. The molecule has 0 aliphatic rings. The molecule has 1 heterocycles. The van der Waals surface area contributed by atoms with Crippen molar-refractivity contribution in [2.75, 3.05) is 10.8 Å². The molecule has 0 aliphatic heterocycles. The molecule has 0 fully saturated rings. The molecule has 0 N–H and O–H groups in total. The third-order valence-electron chi connectivity index (χ3n) is 3.64. The Morgan fingerprint density at radius 1 is 1.17 bits per heavy atom. The molecule has 23 heavy (non-hydrogen) atoms. The number of anilines is 1. The predicted octanol–water partition coefficient (Wildman–Crippen LogP) is 2.82. The molecule has 0 atom stereocenters. The van der Waals surface area contributed by atoms with Gasteiger partial charge >= 0.3 is 0 Å². The number of hydrogen-bond donors (Lipinski definition) is 0. The van der Waals surface area contributed by atoms with E-state index in [0.29, 0.717) is 16.8 Å². The fraction of sp³-hybridized carbons (Fsp3) is 0.267. The van der Waals surface area contributed by atoms with Gasteiger partial charge in [-0.3, -0.25) is 19.4 Å². The smallest absolute Gasteiger partial charge is 0.266 e. The largest absolute Gasteiger partial charge is 0.290 e. The highest BCUT2D eigenvalue weighted by molar-refractivity contribution is 7.93. The van der Waals surface area contributed by atoms with Gasteiger partial charge in [0, 0.05) is 25.0 Å². The van der Waals surface area contributed by atoms with Crippen molar-refractivity contribution in [1.82, 2.24) is 4.98 Å². The first-order valence-corrected chi connectivity index (χ1v) is 8.42. The maximum Gasteiger partial charge on any atom is 0.290 e. The Morgan fingerprint density at radius 3 is 2.30 bits per heavy atom. The molecule has 0 radical (unpaired) electrons. The van der Waals surface area contributed by atoms with Crippen LogP contribution < -0.4 is 4.31 Å². The van der Waals surface area contributed by atoms with Crippen molar-refractivity contribution in [2.24, 2.45) is 0 Å². The number of sulfonamides is 1. The topological polar surface area (TPSA) is 93.4 Å². The van der Waals surface area contributed by atoms with Gasteiger partial charge in [0.05, 0.1) is 10.6 Å². The molecule has 0 saturated heterocycles. The van der Waals surface area contributed by atoms with Crippen LogP contribution >= 0.6 is 0 Å². The second kappa shape index (κ2) is 6.33. The number of nitrogens with zero attached hydrogens (tertiary/aromatic N) is 3. The Morgan fingerprint density at radius 2 is 1.78 bits per heavy atom. The van der Waals surface area contributed by atoms with Gasteiger partial charge in [-0.25, -0.2) is 8.42 Å². The lowest BCUT2D eigenvalue weighted by atomic mass is 10.1. The van der Waals surface area contributed by atoms with Crippen LogP contribution in [0.2, 0.25) is 0 Å². The molecule has 1 aromatic heterocycles. The van der Waals surface area contributed by atoms with E-state index in [2.05, 4.69) is 4.98 Å². The summed E-state index contributed by atoms with van der Waals surface area (Å²) in [6.07, 6.45) is 2.95. The van der Waals surface area contributed by atoms with Gasteiger partial charge in [-0.1, -0.05) is 6.07 Å². The number of nitro groups is 1. The first kappa shape index (κ1) is 16.9. The van der Waals surface area contributed by atoms with Crippen LogP contribution in [0.25, 0.3) is 0 Å². The third-order valence-corrected chi connectivity index (χ3v) is 5.72. The Labute approximate surface area is 134 Å². The van der Waals surface area contributed by atoms with Crippen LogP contribution in [0.5, 0.6) is 0 Å². The molecule has 0 saturated carbocycles. The molecular weight excluding hydrogens is 318 g/mol. The zero-order valence-electron chi connectivity index (χ0n) is 13.1. The number of nitro benzene ring substituents is 1.